The van der Waals surface area contributed by atoms with Crippen molar-refractivity contribution in [1.82, 2.24) is 5.32 Å². The van der Waals surface area contributed by atoms with Crippen LogP contribution in [0, 0.1) is 0 Å². The highest BCUT2D eigenvalue weighted by molar-refractivity contribution is 7.99. The molecule has 1 heterocycles. The fourth-order valence-corrected chi connectivity index (χ4v) is 4.17. The van der Waals surface area contributed by atoms with Gasteiger partial charge in [0, 0.05) is 34.1 Å². The van der Waals surface area contributed by atoms with Crippen molar-refractivity contribution in [3.8, 4) is 0 Å². The summed E-state index contributed by atoms with van der Waals surface area (Å²) in [6.45, 7) is 0. The molecule has 0 aromatic heterocycles. The predicted molar refractivity (Wildman–Crippen MR) is 105 cm³/mol. The summed E-state index contributed by atoms with van der Waals surface area (Å²) in [4.78, 5) is 37.7. The molecule has 0 spiro atoms. The second-order valence-electron chi connectivity index (χ2n) is 6.08. The number of hydrogen-bond acceptors (Lipinski definition) is 5. The molecule has 3 rings (SSSR count). The summed E-state index contributed by atoms with van der Waals surface area (Å²) in [6, 6.07) is 11.3. The number of thioether (sulfide) groups is 1. The van der Waals surface area contributed by atoms with Gasteiger partial charge in [0.1, 0.15) is 6.04 Å². The van der Waals surface area contributed by atoms with E-state index < -0.39 is 17.9 Å². The summed E-state index contributed by atoms with van der Waals surface area (Å²) in [6.07, 6.45) is 0.737. The van der Waals surface area contributed by atoms with E-state index in [2.05, 4.69) is 5.32 Å². The van der Waals surface area contributed by atoms with E-state index >= 15 is 0 Å². The zero-order valence-electron chi connectivity index (χ0n) is 14.7. The molecule has 1 atom stereocenters. The van der Waals surface area contributed by atoms with E-state index in [-0.39, 0.29) is 12.2 Å². The molecule has 140 valence electrons. The van der Waals surface area contributed by atoms with Crippen LogP contribution in [0.5, 0.6) is 0 Å². The lowest BCUT2D eigenvalue weighted by atomic mass is 10.0. The van der Waals surface area contributed by atoms with Crippen LogP contribution in [0.3, 0.4) is 0 Å². The minimum atomic E-state index is -0.844. The standard InChI is InChI=1S/C20H18ClNO4S/c1-26-20(25)16(11-12-5-7-13(21)8-6-12)22-19(24)15-4-2-3-14-17(23)9-10-27-18(14)15/h2-8,16H,9-11H2,1H3,(H,22,24)/t16-/m0/s1. The van der Waals surface area contributed by atoms with Gasteiger partial charge in [0.05, 0.1) is 12.7 Å². The maximum absolute atomic E-state index is 12.8. The van der Waals surface area contributed by atoms with Crippen LogP contribution in [0.4, 0.5) is 0 Å². The summed E-state index contributed by atoms with van der Waals surface area (Å²) in [5.41, 5.74) is 1.80. The Morgan fingerprint density at radius 3 is 2.67 bits per heavy atom. The molecule has 0 saturated heterocycles. The number of nitrogens with one attached hydrogen (secondary N) is 1. The van der Waals surface area contributed by atoms with Gasteiger partial charge in [-0.1, -0.05) is 35.9 Å². The number of fused-ring (bicyclic) bond motifs is 1. The quantitative estimate of drug-likeness (QED) is 0.773. The highest BCUT2D eigenvalue weighted by atomic mass is 35.5. The maximum Gasteiger partial charge on any atom is 0.328 e. The summed E-state index contributed by atoms with van der Waals surface area (Å²) in [5, 5.41) is 3.33. The van der Waals surface area contributed by atoms with Crippen molar-refractivity contribution < 1.29 is 19.1 Å². The lowest BCUT2D eigenvalue weighted by molar-refractivity contribution is -0.142. The number of benzene rings is 2. The first-order chi connectivity index (χ1) is 13.0. The zero-order chi connectivity index (χ0) is 19.4. The van der Waals surface area contributed by atoms with Gasteiger partial charge in [-0.25, -0.2) is 4.79 Å². The molecule has 0 fully saturated rings. The number of halogens is 1. The van der Waals surface area contributed by atoms with Crippen LogP contribution in [0.2, 0.25) is 5.02 Å². The second-order valence-corrected chi connectivity index (χ2v) is 7.63. The van der Waals surface area contributed by atoms with E-state index in [0.29, 0.717) is 33.2 Å². The number of amides is 1. The highest BCUT2D eigenvalue weighted by Gasteiger charge is 2.27. The Bertz CT molecular complexity index is 882. The molecule has 1 aliphatic rings. The number of carbonyl (C=O) groups excluding carboxylic acids is 3. The van der Waals surface area contributed by atoms with Crippen molar-refractivity contribution in [3.63, 3.8) is 0 Å². The third-order valence-electron chi connectivity index (χ3n) is 4.28. The van der Waals surface area contributed by atoms with Crippen LogP contribution in [0.25, 0.3) is 0 Å². The lowest BCUT2D eigenvalue weighted by Crippen LogP contribution is -2.43. The molecule has 2 aromatic rings. The fraction of sp³-hybridized carbons (Fsp3) is 0.250. The minimum Gasteiger partial charge on any atom is -0.467 e. The molecule has 0 unspecified atom stereocenters. The van der Waals surface area contributed by atoms with Gasteiger partial charge in [-0.15, -0.1) is 11.8 Å². The van der Waals surface area contributed by atoms with Gasteiger partial charge in [-0.3, -0.25) is 9.59 Å². The van der Waals surface area contributed by atoms with Crippen molar-refractivity contribution in [2.75, 3.05) is 12.9 Å². The molecule has 1 aliphatic heterocycles. The van der Waals surface area contributed by atoms with Crippen molar-refractivity contribution in [2.24, 2.45) is 0 Å². The molecular formula is C20H18ClNO4S. The Morgan fingerprint density at radius 1 is 1.22 bits per heavy atom. The van der Waals surface area contributed by atoms with Crippen molar-refractivity contribution in [2.45, 2.75) is 23.8 Å². The van der Waals surface area contributed by atoms with Gasteiger partial charge in [0.15, 0.2) is 5.78 Å². The van der Waals surface area contributed by atoms with Gasteiger partial charge < -0.3 is 10.1 Å². The molecule has 5 nitrogen and oxygen atoms in total. The third kappa shape index (κ3) is 4.51. The summed E-state index contributed by atoms with van der Waals surface area (Å²) >= 11 is 7.37. The van der Waals surface area contributed by atoms with Gasteiger partial charge in [-0.05, 0) is 23.8 Å². The normalized spacial score (nSPS) is 14.2. The van der Waals surface area contributed by atoms with E-state index in [1.54, 1.807) is 42.5 Å². The molecule has 7 heteroatoms. The van der Waals surface area contributed by atoms with Gasteiger partial charge in [0.2, 0.25) is 0 Å². The molecule has 2 aromatic carbocycles. The Kier molecular flexibility index (Phi) is 6.19. The first-order valence-electron chi connectivity index (χ1n) is 8.41. The summed E-state index contributed by atoms with van der Waals surface area (Å²) in [5.74, 6) is -0.268. The average molecular weight is 404 g/mol. The van der Waals surface area contributed by atoms with Crippen LogP contribution < -0.4 is 5.32 Å². The largest absolute Gasteiger partial charge is 0.467 e. The topological polar surface area (TPSA) is 72.5 Å². The molecule has 0 bridgehead atoms. The molecule has 27 heavy (non-hydrogen) atoms. The van der Waals surface area contributed by atoms with Gasteiger partial charge in [-0.2, -0.15) is 0 Å². The minimum absolute atomic E-state index is 0.0316. The van der Waals surface area contributed by atoms with Gasteiger partial charge >= 0.3 is 5.97 Å². The van der Waals surface area contributed by atoms with E-state index in [1.807, 2.05) is 0 Å². The number of ether oxygens (including phenoxy) is 1. The van der Waals surface area contributed by atoms with Crippen molar-refractivity contribution in [1.29, 1.82) is 0 Å². The van der Waals surface area contributed by atoms with Crippen molar-refractivity contribution >= 4 is 41.0 Å². The SMILES string of the molecule is COC(=O)[C@H](Cc1ccc(Cl)cc1)NC(=O)c1cccc2c1SCCC2=O. The van der Waals surface area contributed by atoms with E-state index in [9.17, 15) is 14.4 Å². The number of Topliss-reactive ketones (excluding diaryl/α,β-unsaturated/α-hetero) is 1. The van der Waals surface area contributed by atoms with E-state index in [1.165, 1.54) is 18.9 Å². The van der Waals surface area contributed by atoms with Crippen LogP contribution in [-0.2, 0) is 16.0 Å². The molecule has 0 aliphatic carbocycles. The second kappa shape index (κ2) is 8.59. The molecular weight excluding hydrogens is 386 g/mol. The average Bonchev–Trinajstić information content (AvgIpc) is 2.68. The number of ketones is 1. The first kappa shape index (κ1) is 19.5. The Labute approximate surface area is 166 Å². The van der Waals surface area contributed by atoms with Crippen LogP contribution in [0.1, 0.15) is 32.7 Å². The van der Waals surface area contributed by atoms with Crippen LogP contribution in [0.15, 0.2) is 47.4 Å². The lowest BCUT2D eigenvalue weighted by Gasteiger charge is -2.20. The number of hydrogen-bond donors (Lipinski definition) is 1. The first-order valence-corrected chi connectivity index (χ1v) is 9.78. The highest BCUT2D eigenvalue weighted by Crippen LogP contribution is 2.33. The van der Waals surface area contributed by atoms with Crippen molar-refractivity contribution in [3.05, 3.63) is 64.2 Å². The number of carbonyl (C=O) groups is 3. The van der Waals surface area contributed by atoms with Crippen LogP contribution >= 0.6 is 23.4 Å². The monoisotopic (exact) mass is 403 g/mol. The Morgan fingerprint density at radius 2 is 1.96 bits per heavy atom. The van der Waals surface area contributed by atoms with Crippen LogP contribution in [-0.4, -0.2) is 36.6 Å². The third-order valence-corrected chi connectivity index (χ3v) is 5.67. The predicted octanol–water partition coefficient (Wildman–Crippen LogP) is 3.53. The fourth-order valence-electron chi connectivity index (χ4n) is 2.90. The Hall–Kier alpha value is -2.31. The molecule has 0 radical (unpaired) electrons. The molecule has 1 amide bonds. The maximum atomic E-state index is 12.8. The van der Waals surface area contributed by atoms with Gasteiger partial charge in [0.25, 0.3) is 5.91 Å². The summed E-state index contributed by atoms with van der Waals surface area (Å²) < 4.78 is 4.84. The number of methoxy groups -OCH3 is 1. The number of esters is 1. The molecule has 1 N–H and O–H groups in total. The zero-order valence-corrected chi connectivity index (χ0v) is 16.2. The summed E-state index contributed by atoms with van der Waals surface area (Å²) in [7, 11) is 1.28. The van der Waals surface area contributed by atoms with E-state index in [4.69, 9.17) is 16.3 Å². The number of rotatable bonds is 5. The molecule has 0 saturated carbocycles. The smallest absolute Gasteiger partial charge is 0.328 e. The van der Waals surface area contributed by atoms with E-state index in [0.717, 1.165) is 5.56 Å². The Balaban J connectivity index is 1.83.